The number of benzene rings is 2. The van der Waals surface area contributed by atoms with Gasteiger partial charge in [0.15, 0.2) is 21.5 Å². The van der Waals surface area contributed by atoms with Crippen molar-refractivity contribution >= 4 is 49.8 Å². The first kappa shape index (κ1) is 23.5. The summed E-state index contributed by atoms with van der Waals surface area (Å²) in [5.74, 6) is -0.927. The van der Waals surface area contributed by atoms with Gasteiger partial charge in [-0.3, -0.25) is 4.79 Å². The van der Waals surface area contributed by atoms with Gasteiger partial charge in [-0.15, -0.1) is 0 Å². The number of pyridine rings is 1. The average molecular weight is 500 g/mol. The predicted molar refractivity (Wildman–Crippen MR) is 128 cm³/mol. The Morgan fingerprint density at radius 3 is 2.50 bits per heavy atom. The number of carbonyl (C=O) groups is 1. The molecule has 0 aliphatic carbocycles. The summed E-state index contributed by atoms with van der Waals surface area (Å²) in [5, 5.41) is 0.781. The van der Waals surface area contributed by atoms with Crippen molar-refractivity contribution in [1.29, 1.82) is 0 Å². The maximum atomic E-state index is 13.8. The van der Waals surface area contributed by atoms with E-state index >= 15 is 0 Å². The van der Waals surface area contributed by atoms with Gasteiger partial charge < -0.3 is 10.6 Å². The molecule has 0 atom stereocenters. The first-order valence-corrected chi connectivity index (χ1v) is 12.2. The van der Waals surface area contributed by atoms with Crippen LogP contribution >= 0.6 is 11.6 Å². The molecule has 174 valence electrons. The predicted octanol–water partition coefficient (Wildman–Crippen LogP) is 3.96. The molecule has 0 aliphatic heterocycles. The lowest BCUT2D eigenvalue weighted by atomic mass is 10.1. The Balaban J connectivity index is 1.86. The molecule has 34 heavy (non-hydrogen) atoms. The number of rotatable bonds is 5. The highest BCUT2D eigenvalue weighted by Gasteiger charge is 2.25. The quantitative estimate of drug-likeness (QED) is 0.441. The Morgan fingerprint density at radius 1 is 1.12 bits per heavy atom. The third-order valence-electron chi connectivity index (χ3n) is 5.09. The number of aromatic nitrogens is 3. The summed E-state index contributed by atoms with van der Waals surface area (Å²) >= 11 is 6.18. The maximum absolute atomic E-state index is 13.8. The Hall–Kier alpha value is -3.63. The average Bonchev–Trinajstić information content (AvgIpc) is 2.77. The van der Waals surface area contributed by atoms with E-state index in [2.05, 4.69) is 15.0 Å². The first-order chi connectivity index (χ1) is 16.0. The van der Waals surface area contributed by atoms with E-state index in [1.807, 2.05) is 0 Å². The number of halogens is 2. The fourth-order valence-corrected chi connectivity index (χ4v) is 4.45. The lowest BCUT2D eigenvalue weighted by Gasteiger charge is -2.25. The molecule has 0 saturated carbocycles. The molecular weight excluding hydrogens is 481 g/mol. The molecule has 0 aliphatic rings. The van der Waals surface area contributed by atoms with Crippen molar-refractivity contribution in [3.63, 3.8) is 0 Å². The number of nitrogens with zero attached hydrogens (tertiary/aromatic N) is 4. The third-order valence-corrected chi connectivity index (χ3v) is 6.47. The normalized spacial score (nSPS) is 11.5. The van der Waals surface area contributed by atoms with Crippen LogP contribution in [0.5, 0.6) is 0 Å². The number of aryl methyl sites for hydroxylation is 1. The van der Waals surface area contributed by atoms with Crippen molar-refractivity contribution in [2.75, 3.05) is 16.9 Å². The molecule has 2 aromatic heterocycles. The van der Waals surface area contributed by atoms with Gasteiger partial charge in [-0.25, -0.2) is 27.8 Å². The zero-order valence-electron chi connectivity index (χ0n) is 18.2. The molecule has 1 amide bonds. The van der Waals surface area contributed by atoms with E-state index in [0.717, 1.165) is 6.26 Å². The minimum atomic E-state index is -3.71. The van der Waals surface area contributed by atoms with Crippen LogP contribution in [0.15, 0.2) is 59.8 Å². The topological polar surface area (TPSA) is 119 Å². The summed E-state index contributed by atoms with van der Waals surface area (Å²) in [4.78, 5) is 27.0. The minimum absolute atomic E-state index is 0.0372. The lowest BCUT2D eigenvalue weighted by molar-refractivity contribution is 0.0984. The molecule has 0 spiro atoms. The van der Waals surface area contributed by atoms with E-state index in [0.29, 0.717) is 22.3 Å². The standard InChI is InChI=1S/C23H19ClFN5O3S/c1-13-27-10-16(11-28-13)23(31)30(20-9-17(24)5-6-21(20)34(2,32)33)12-14-3-4-15-8-18(25)22(26)29-19(15)7-14/h3-11H,12H2,1-2H3,(H2,26,29). The van der Waals surface area contributed by atoms with E-state index < -0.39 is 21.6 Å². The summed E-state index contributed by atoms with van der Waals surface area (Å²) in [5.41, 5.74) is 6.90. The monoisotopic (exact) mass is 499 g/mol. The number of anilines is 2. The summed E-state index contributed by atoms with van der Waals surface area (Å²) in [6.07, 6.45) is 3.79. The highest BCUT2D eigenvalue weighted by atomic mass is 35.5. The zero-order valence-corrected chi connectivity index (χ0v) is 19.7. The molecule has 0 saturated heterocycles. The van der Waals surface area contributed by atoms with Gasteiger partial charge in [-0.1, -0.05) is 23.7 Å². The number of nitrogens with two attached hydrogens (primary N) is 1. The van der Waals surface area contributed by atoms with Gasteiger partial charge in [0.1, 0.15) is 5.82 Å². The Labute approximate surface area is 200 Å². The van der Waals surface area contributed by atoms with Crippen molar-refractivity contribution in [3.05, 3.63) is 82.6 Å². The van der Waals surface area contributed by atoms with Crippen LogP contribution in [-0.2, 0) is 16.4 Å². The van der Waals surface area contributed by atoms with Crippen molar-refractivity contribution in [2.45, 2.75) is 18.4 Å². The zero-order chi connectivity index (χ0) is 24.6. The molecule has 4 aromatic rings. The molecule has 4 rings (SSSR count). The molecule has 2 aromatic carbocycles. The summed E-state index contributed by atoms with van der Waals surface area (Å²) in [7, 11) is -3.71. The molecule has 0 radical (unpaired) electrons. The van der Waals surface area contributed by atoms with E-state index in [1.54, 1.807) is 25.1 Å². The van der Waals surface area contributed by atoms with Crippen LogP contribution in [0.3, 0.4) is 0 Å². The van der Waals surface area contributed by atoms with Crippen molar-refractivity contribution in [3.8, 4) is 0 Å². The van der Waals surface area contributed by atoms with Gasteiger partial charge in [0.2, 0.25) is 0 Å². The molecule has 8 nitrogen and oxygen atoms in total. The number of amides is 1. The summed E-state index contributed by atoms with van der Waals surface area (Å²) in [6.45, 7) is 1.64. The van der Waals surface area contributed by atoms with Gasteiger partial charge in [-0.2, -0.15) is 0 Å². The number of carbonyl (C=O) groups excluding carboxylic acids is 1. The van der Waals surface area contributed by atoms with Crippen molar-refractivity contribution < 1.29 is 17.6 Å². The molecule has 2 heterocycles. The SMILES string of the molecule is Cc1ncc(C(=O)N(Cc2ccc3cc(F)c(N)nc3c2)c2cc(Cl)ccc2S(C)(=O)=O)cn1. The van der Waals surface area contributed by atoms with Crippen molar-refractivity contribution in [1.82, 2.24) is 15.0 Å². The molecule has 0 fully saturated rings. The van der Waals surface area contributed by atoms with E-state index in [1.165, 1.54) is 41.6 Å². The second kappa shape index (κ2) is 8.96. The van der Waals surface area contributed by atoms with Gasteiger partial charge in [-0.05, 0) is 42.8 Å². The fraction of sp³-hybridized carbons (Fsp3) is 0.130. The second-order valence-electron chi connectivity index (χ2n) is 7.68. The van der Waals surface area contributed by atoms with E-state index in [-0.39, 0.29) is 33.5 Å². The first-order valence-electron chi connectivity index (χ1n) is 9.98. The molecule has 11 heteroatoms. The van der Waals surface area contributed by atoms with Gasteiger partial charge in [0.25, 0.3) is 5.91 Å². The van der Waals surface area contributed by atoms with E-state index in [9.17, 15) is 17.6 Å². The van der Waals surface area contributed by atoms with Crippen LogP contribution in [0.4, 0.5) is 15.9 Å². The molecule has 0 unspecified atom stereocenters. The Bertz CT molecular complexity index is 1530. The highest BCUT2D eigenvalue weighted by Crippen LogP contribution is 2.31. The van der Waals surface area contributed by atoms with Crippen LogP contribution in [-0.4, -0.2) is 35.5 Å². The van der Waals surface area contributed by atoms with Gasteiger partial charge in [0.05, 0.1) is 28.2 Å². The number of hydrogen-bond donors (Lipinski definition) is 1. The Morgan fingerprint density at radius 2 is 1.82 bits per heavy atom. The number of hydrogen-bond acceptors (Lipinski definition) is 7. The summed E-state index contributed by atoms with van der Waals surface area (Å²) < 4.78 is 38.8. The fourth-order valence-electron chi connectivity index (χ4n) is 3.42. The van der Waals surface area contributed by atoms with E-state index in [4.69, 9.17) is 17.3 Å². The third kappa shape index (κ3) is 4.82. The molecular formula is C23H19ClFN5O3S. The van der Waals surface area contributed by atoms with Crippen LogP contribution in [0.2, 0.25) is 5.02 Å². The minimum Gasteiger partial charge on any atom is -0.381 e. The maximum Gasteiger partial charge on any atom is 0.261 e. The van der Waals surface area contributed by atoms with Crippen LogP contribution in [0.1, 0.15) is 21.7 Å². The smallest absolute Gasteiger partial charge is 0.261 e. The lowest BCUT2D eigenvalue weighted by Crippen LogP contribution is -2.32. The van der Waals surface area contributed by atoms with Gasteiger partial charge in [0, 0.05) is 29.1 Å². The van der Waals surface area contributed by atoms with Gasteiger partial charge >= 0.3 is 0 Å². The van der Waals surface area contributed by atoms with Crippen LogP contribution < -0.4 is 10.6 Å². The highest BCUT2D eigenvalue weighted by molar-refractivity contribution is 7.90. The molecule has 2 N–H and O–H groups in total. The number of sulfone groups is 1. The largest absolute Gasteiger partial charge is 0.381 e. The molecule has 0 bridgehead atoms. The van der Waals surface area contributed by atoms with Crippen LogP contribution in [0.25, 0.3) is 10.9 Å². The second-order valence-corrected chi connectivity index (χ2v) is 10.1. The van der Waals surface area contributed by atoms with Crippen LogP contribution in [0, 0.1) is 12.7 Å². The van der Waals surface area contributed by atoms with Crippen molar-refractivity contribution in [2.24, 2.45) is 0 Å². The summed E-state index contributed by atoms with van der Waals surface area (Å²) in [6, 6.07) is 10.5. The Kier molecular flexibility index (Phi) is 6.20. The number of nitrogen functional groups attached to an aromatic ring is 1. The number of fused-ring (bicyclic) bond motifs is 1.